The van der Waals surface area contributed by atoms with Gasteiger partial charge < -0.3 is 19.5 Å². The average Bonchev–Trinajstić information content (AvgIpc) is 3.17. The maximum atomic E-state index is 15.8. The summed E-state index contributed by atoms with van der Waals surface area (Å²) in [6.45, 7) is 11.3. The molecule has 6 rings (SSSR count). The van der Waals surface area contributed by atoms with Crippen molar-refractivity contribution in [1.82, 2.24) is 9.97 Å². The largest absolute Gasteiger partial charge is 0.474 e. The zero-order valence-electron chi connectivity index (χ0n) is 24.6. The highest BCUT2D eigenvalue weighted by molar-refractivity contribution is 6.36. The first-order chi connectivity index (χ1) is 20.2. The second-order valence-electron chi connectivity index (χ2n) is 12.1. The Balaban J connectivity index is 1.39. The van der Waals surface area contributed by atoms with Crippen molar-refractivity contribution in [3.8, 4) is 17.0 Å². The lowest BCUT2D eigenvalue weighted by atomic mass is 9.95. The number of nitrogens with zero attached hydrogens (tertiary/aromatic N) is 3. The van der Waals surface area contributed by atoms with Crippen LogP contribution in [0.1, 0.15) is 56.1 Å². The van der Waals surface area contributed by atoms with Gasteiger partial charge in [0, 0.05) is 40.2 Å². The van der Waals surface area contributed by atoms with Gasteiger partial charge in [-0.05, 0) is 82.8 Å². The van der Waals surface area contributed by atoms with Crippen molar-refractivity contribution in [2.45, 2.75) is 52.7 Å². The zero-order chi connectivity index (χ0) is 30.8. The van der Waals surface area contributed by atoms with Gasteiger partial charge in [0.15, 0.2) is 0 Å². The molecular formula is C32H30ClFN4O5. The molecule has 4 aromatic rings. The van der Waals surface area contributed by atoms with Crippen LogP contribution in [0, 0.1) is 12.7 Å². The van der Waals surface area contributed by atoms with Gasteiger partial charge >= 0.3 is 12.1 Å². The summed E-state index contributed by atoms with van der Waals surface area (Å²) in [5.41, 5.74) is 2.25. The molecule has 2 aromatic heterocycles. The molecule has 9 nitrogen and oxygen atoms in total. The molecule has 0 fully saturated rings. The molecule has 0 radical (unpaired) electrons. The first-order valence-electron chi connectivity index (χ1n) is 13.8. The number of benzene rings is 2. The van der Waals surface area contributed by atoms with Crippen molar-refractivity contribution in [2.24, 2.45) is 0 Å². The van der Waals surface area contributed by atoms with Crippen LogP contribution in [-0.2, 0) is 15.1 Å². The summed E-state index contributed by atoms with van der Waals surface area (Å²) in [5, 5.41) is 4.25. The van der Waals surface area contributed by atoms with E-state index in [4.69, 9.17) is 25.8 Å². The van der Waals surface area contributed by atoms with Crippen LogP contribution in [-0.4, -0.2) is 40.8 Å². The number of fused-ring (bicyclic) bond motifs is 3. The van der Waals surface area contributed by atoms with Crippen molar-refractivity contribution in [1.29, 1.82) is 0 Å². The maximum Gasteiger partial charge on any atom is 0.415 e. The Labute approximate surface area is 252 Å². The van der Waals surface area contributed by atoms with Crippen LogP contribution in [0.15, 0.2) is 42.7 Å². The van der Waals surface area contributed by atoms with Gasteiger partial charge in [0.2, 0.25) is 5.88 Å². The molecule has 2 aromatic carbocycles. The molecule has 0 saturated heterocycles. The van der Waals surface area contributed by atoms with Crippen molar-refractivity contribution in [2.75, 3.05) is 23.4 Å². The van der Waals surface area contributed by atoms with Gasteiger partial charge in [0.05, 0.1) is 17.1 Å². The van der Waals surface area contributed by atoms with E-state index in [0.717, 1.165) is 5.56 Å². The topological polar surface area (TPSA) is 103 Å². The van der Waals surface area contributed by atoms with E-state index in [0.29, 0.717) is 44.7 Å². The molecule has 1 N–H and O–H groups in total. The lowest BCUT2D eigenvalue weighted by Gasteiger charge is -2.32. The van der Waals surface area contributed by atoms with Gasteiger partial charge in [-0.2, -0.15) is 0 Å². The first-order valence-corrected chi connectivity index (χ1v) is 14.2. The lowest BCUT2D eigenvalue weighted by molar-refractivity contribution is 0.00952. The maximum absolute atomic E-state index is 15.8. The minimum atomic E-state index is -0.744. The SMILES string of the molecule is Cc1c(-c2cc3cc(Nc4ccc5c(c4)C(C)(C)OC5=O)ncc3c(Cl)c2F)cnc2c1N(C(=O)OC(C)(C)C)CCO2. The quantitative estimate of drug-likeness (QED) is 0.238. The number of esters is 1. The number of carbonyl (C=O) groups is 2. The van der Waals surface area contributed by atoms with Crippen molar-refractivity contribution < 1.29 is 28.2 Å². The molecule has 0 atom stereocenters. The first kappa shape index (κ1) is 28.7. The van der Waals surface area contributed by atoms with Crippen LogP contribution in [0.3, 0.4) is 0 Å². The molecule has 0 unspecified atom stereocenters. The van der Waals surface area contributed by atoms with Gasteiger partial charge in [-0.25, -0.2) is 23.9 Å². The molecule has 11 heteroatoms. The predicted molar refractivity (Wildman–Crippen MR) is 162 cm³/mol. The highest BCUT2D eigenvalue weighted by Crippen LogP contribution is 2.43. The molecule has 0 bridgehead atoms. The van der Waals surface area contributed by atoms with E-state index in [-0.39, 0.29) is 35.6 Å². The summed E-state index contributed by atoms with van der Waals surface area (Å²) in [4.78, 5) is 35.6. The number of pyridine rings is 2. The number of aromatic nitrogens is 2. The number of nitrogens with one attached hydrogen (secondary N) is 1. The van der Waals surface area contributed by atoms with E-state index in [2.05, 4.69) is 15.3 Å². The van der Waals surface area contributed by atoms with Crippen LogP contribution >= 0.6 is 11.6 Å². The molecule has 4 heterocycles. The number of cyclic esters (lactones) is 1. The standard InChI is InChI=1S/C32H30ClFN4O5/c1-16-21(14-36-28-27(16)38(9-10-41-28)30(40)43-31(2,3)4)20-11-17-12-24(35-15-22(17)25(33)26(20)34)37-18-7-8-19-23(13-18)32(5,6)42-29(19)39/h7-8,11-15H,9-10H2,1-6H3,(H,35,37). The van der Waals surface area contributed by atoms with Crippen molar-refractivity contribution in [3.63, 3.8) is 0 Å². The number of carbonyl (C=O) groups excluding carboxylic acids is 2. The highest BCUT2D eigenvalue weighted by Gasteiger charge is 2.38. The Hall–Kier alpha value is -4.44. The van der Waals surface area contributed by atoms with Crippen molar-refractivity contribution >= 4 is 51.6 Å². The summed E-state index contributed by atoms with van der Waals surface area (Å²) in [7, 11) is 0. The second-order valence-corrected chi connectivity index (χ2v) is 12.4. The molecule has 222 valence electrons. The molecule has 2 aliphatic rings. The smallest absolute Gasteiger partial charge is 0.415 e. The monoisotopic (exact) mass is 604 g/mol. The van der Waals surface area contributed by atoms with Crippen LogP contribution in [0.4, 0.5) is 26.4 Å². The Morgan fingerprint density at radius 3 is 2.63 bits per heavy atom. The number of hydrogen-bond donors (Lipinski definition) is 1. The zero-order valence-corrected chi connectivity index (χ0v) is 25.4. The van der Waals surface area contributed by atoms with E-state index >= 15 is 4.39 Å². The number of rotatable bonds is 3. The number of ether oxygens (including phenoxy) is 3. The normalized spacial score (nSPS) is 15.4. The minimum Gasteiger partial charge on any atom is -0.474 e. The molecule has 1 amide bonds. The van der Waals surface area contributed by atoms with Gasteiger partial charge in [0.1, 0.15) is 35.1 Å². The number of anilines is 3. The summed E-state index contributed by atoms with van der Waals surface area (Å²) < 4.78 is 32.6. The van der Waals surface area contributed by atoms with E-state index in [1.165, 1.54) is 17.3 Å². The molecule has 0 spiro atoms. The number of hydrogen-bond acceptors (Lipinski definition) is 8. The van der Waals surface area contributed by atoms with Crippen LogP contribution in [0.2, 0.25) is 5.02 Å². The Kier molecular flexibility index (Phi) is 6.72. The molecule has 0 saturated carbocycles. The molecule has 0 aliphatic carbocycles. The molecule has 43 heavy (non-hydrogen) atoms. The fourth-order valence-corrected chi connectivity index (χ4v) is 5.65. The van der Waals surface area contributed by atoms with Gasteiger partial charge in [-0.3, -0.25) is 4.90 Å². The number of amides is 1. The van der Waals surface area contributed by atoms with E-state index < -0.39 is 23.1 Å². The summed E-state index contributed by atoms with van der Waals surface area (Å²) >= 11 is 6.54. The van der Waals surface area contributed by atoms with E-state index in [1.54, 1.807) is 52.0 Å². The van der Waals surface area contributed by atoms with Gasteiger partial charge in [0.25, 0.3) is 0 Å². The van der Waals surface area contributed by atoms with Crippen molar-refractivity contribution in [3.05, 3.63) is 70.3 Å². The van der Waals surface area contributed by atoms with Crippen LogP contribution in [0.5, 0.6) is 5.88 Å². The third kappa shape index (κ3) is 5.09. The third-order valence-electron chi connectivity index (χ3n) is 7.41. The van der Waals surface area contributed by atoms with Gasteiger partial charge in [-0.1, -0.05) is 11.6 Å². The Morgan fingerprint density at radius 2 is 1.88 bits per heavy atom. The highest BCUT2D eigenvalue weighted by atomic mass is 35.5. The fourth-order valence-electron chi connectivity index (χ4n) is 5.39. The van der Waals surface area contributed by atoms with E-state index in [9.17, 15) is 9.59 Å². The number of halogens is 2. The van der Waals surface area contributed by atoms with Crippen LogP contribution in [0.25, 0.3) is 21.9 Å². The fraction of sp³-hybridized carbons (Fsp3) is 0.312. The third-order valence-corrected chi connectivity index (χ3v) is 7.78. The Bertz CT molecular complexity index is 1840. The lowest BCUT2D eigenvalue weighted by Crippen LogP contribution is -2.42. The summed E-state index contributed by atoms with van der Waals surface area (Å²) in [6, 6.07) is 8.80. The second kappa shape index (κ2) is 10.1. The summed E-state index contributed by atoms with van der Waals surface area (Å²) in [5.74, 6) is -0.222. The Morgan fingerprint density at radius 1 is 1.12 bits per heavy atom. The minimum absolute atomic E-state index is 0.0844. The van der Waals surface area contributed by atoms with Crippen LogP contribution < -0.4 is 15.0 Å². The average molecular weight is 605 g/mol. The summed E-state index contributed by atoms with van der Waals surface area (Å²) in [6.07, 6.45) is 2.49. The predicted octanol–water partition coefficient (Wildman–Crippen LogP) is 7.68. The van der Waals surface area contributed by atoms with Gasteiger partial charge in [-0.15, -0.1) is 0 Å². The van der Waals surface area contributed by atoms with E-state index in [1.807, 2.05) is 19.9 Å². The molecule has 2 aliphatic heterocycles. The molecular weight excluding hydrogens is 575 g/mol.